The third-order valence-corrected chi connectivity index (χ3v) is 4.92. The highest BCUT2D eigenvalue weighted by molar-refractivity contribution is 5.92. The van der Waals surface area contributed by atoms with E-state index in [0.29, 0.717) is 18.1 Å². The predicted octanol–water partition coefficient (Wildman–Crippen LogP) is 1.97. The molecule has 148 valence electrons. The second kappa shape index (κ2) is 8.99. The van der Waals surface area contributed by atoms with Gasteiger partial charge in [0.1, 0.15) is 11.5 Å². The number of hydrogen-bond acceptors (Lipinski definition) is 7. The molecule has 0 radical (unpaired) electrons. The molecular formula is C20H25N5O3. The van der Waals surface area contributed by atoms with Crippen molar-refractivity contribution in [2.75, 3.05) is 49.7 Å². The fraction of sp³-hybridized carbons (Fsp3) is 0.450. The molecule has 8 heteroatoms. The molecule has 0 bridgehead atoms. The van der Waals surface area contributed by atoms with Gasteiger partial charge < -0.3 is 25.0 Å². The quantitative estimate of drug-likeness (QED) is 0.788. The molecule has 8 nitrogen and oxygen atoms in total. The first-order valence-electron chi connectivity index (χ1n) is 9.70. The summed E-state index contributed by atoms with van der Waals surface area (Å²) in [6.07, 6.45) is 5.21. The number of ether oxygens (including phenoxy) is 2. The number of carbonyl (C=O) groups excluding carboxylic acids is 1. The molecule has 2 aliphatic rings. The molecule has 2 aromatic rings. The van der Waals surface area contributed by atoms with Crippen molar-refractivity contribution in [1.29, 1.82) is 0 Å². The van der Waals surface area contributed by atoms with Crippen LogP contribution in [-0.4, -0.2) is 61.4 Å². The number of nitrogens with zero attached hydrogens (tertiary/aromatic N) is 3. The molecule has 2 fully saturated rings. The molecule has 2 N–H and O–H groups in total. The lowest BCUT2D eigenvalue weighted by Crippen LogP contribution is -2.36. The SMILES string of the molecule is O=C(NCC1CCCO1)c1cnc(Nc2ccccc2N2CCOCC2)cn1. The maximum atomic E-state index is 12.2. The van der Waals surface area contributed by atoms with Crippen molar-refractivity contribution in [3.8, 4) is 0 Å². The Kier molecular flexibility index (Phi) is 5.98. The molecule has 2 saturated heterocycles. The molecule has 1 aromatic carbocycles. The van der Waals surface area contributed by atoms with Crippen molar-refractivity contribution < 1.29 is 14.3 Å². The number of nitrogens with one attached hydrogen (secondary N) is 2. The Morgan fingerprint density at radius 3 is 2.75 bits per heavy atom. The maximum Gasteiger partial charge on any atom is 0.271 e. The Morgan fingerprint density at radius 1 is 1.14 bits per heavy atom. The first-order chi connectivity index (χ1) is 13.8. The van der Waals surface area contributed by atoms with E-state index < -0.39 is 0 Å². The van der Waals surface area contributed by atoms with E-state index in [2.05, 4.69) is 31.6 Å². The van der Waals surface area contributed by atoms with E-state index in [9.17, 15) is 4.79 Å². The van der Waals surface area contributed by atoms with E-state index in [4.69, 9.17) is 9.47 Å². The van der Waals surface area contributed by atoms with Crippen LogP contribution in [0.4, 0.5) is 17.2 Å². The first-order valence-corrected chi connectivity index (χ1v) is 9.70. The second-order valence-corrected chi connectivity index (χ2v) is 6.87. The summed E-state index contributed by atoms with van der Waals surface area (Å²) in [7, 11) is 0. The normalized spacial score (nSPS) is 19.4. The molecule has 2 aliphatic heterocycles. The minimum Gasteiger partial charge on any atom is -0.378 e. The highest BCUT2D eigenvalue weighted by atomic mass is 16.5. The van der Waals surface area contributed by atoms with Gasteiger partial charge in [-0.3, -0.25) is 4.79 Å². The number of morpholine rings is 1. The summed E-state index contributed by atoms with van der Waals surface area (Å²) >= 11 is 0. The topological polar surface area (TPSA) is 88.6 Å². The first kappa shape index (κ1) is 18.6. The number of anilines is 3. The molecule has 1 aromatic heterocycles. The predicted molar refractivity (Wildman–Crippen MR) is 106 cm³/mol. The summed E-state index contributed by atoms with van der Waals surface area (Å²) in [6, 6.07) is 8.08. The maximum absolute atomic E-state index is 12.2. The third kappa shape index (κ3) is 4.58. The molecule has 1 amide bonds. The van der Waals surface area contributed by atoms with E-state index in [1.165, 1.54) is 6.20 Å². The van der Waals surface area contributed by atoms with Crippen molar-refractivity contribution in [3.63, 3.8) is 0 Å². The molecule has 1 atom stereocenters. The zero-order chi connectivity index (χ0) is 19.2. The van der Waals surface area contributed by atoms with Crippen LogP contribution in [0.1, 0.15) is 23.3 Å². The lowest BCUT2D eigenvalue weighted by atomic mass is 10.2. The summed E-state index contributed by atoms with van der Waals surface area (Å²) in [5, 5.41) is 6.16. The average molecular weight is 383 g/mol. The number of amides is 1. The smallest absolute Gasteiger partial charge is 0.271 e. The van der Waals surface area contributed by atoms with Gasteiger partial charge in [0.2, 0.25) is 0 Å². The number of para-hydroxylation sites is 2. The van der Waals surface area contributed by atoms with Crippen molar-refractivity contribution in [3.05, 3.63) is 42.4 Å². The van der Waals surface area contributed by atoms with Gasteiger partial charge in [-0.25, -0.2) is 9.97 Å². The van der Waals surface area contributed by atoms with Crippen LogP contribution in [-0.2, 0) is 9.47 Å². The van der Waals surface area contributed by atoms with Gasteiger partial charge in [0.25, 0.3) is 5.91 Å². The van der Waals surface area contributed by atoms with Crippen LogP contribution in [0, 0.1) is 0 Å². The van der Waals surface area contributed by atoms with E-state index in [1.54, 1.807) is 6.20 Å². The summed E-state index contributed by atoms with van der Waals surface area (Å²) < 4.78 is 11.0. The molecular weight excluding hydrogens is 358 g/mol. The van der Waals surface area contributed by atoms with E-state index in [-0.39, 0.29) is 12.0 Å². The van der Waals surface area contributed by atoms with Crippen molar-refractivity contribution in [2.45, 2.75) is 18.9 Å². The molecule has 1 unspecified atom stereocenters. The Labute approximate surface area is 164 Å². The van der Waals surface area contributed by atoms with Crippen LogP contribution in [0.25, 0.3) is 0 Å². The van der Waals surface area contributed by atoms with Crippen LogP contribution in [0.15, 0.2) is 36.7 Å². The number of rotatable bonds is 6. The van der Waals surface area contributed by atoms with E-state index >= 15 is 0 Å². The van der Waals surface area contributed by atoms with Gasteiger partial charge in [-0.05, 0) is 25.0 Å². The Hall–Kier alpha value is -2.71. The van der Waals surface area contributed by atoms with Crippen LogP contribution in [0.3, 0.4) is 0 Å². The number of carbonyl (C=O) groups is 1. The molecule has 0 aliphatic carbocycles. The monoisotopic (exact) mass is 383 g/mol. The molecule has 28 heavy (non-hydrogen) atoms. The zero-order valence-electron chi connectivity index (χ0n) is 15.8. The zero-order valence-corrected chi connectivity index (χ0v) is 15.8. The molecule has 4 rings (SSSR count). The van der Waals surface area contributed by atoms with Gasteiger partial charge in [-0.2, -0.15) is 0 Å². The van der Waals surface area contributed by atoms with Crippen LogP contribution >= 0.6 is 0 Å². The standard InChI is InChI=1S/C20H25N5O3/c26-20(23-12-15-4-3-9-28-15)17-13-22-19(14-21-17)24-16-5-1-2-6-18(16)25-7-10-27-11-8-25/h1-2,5-6,13-15H,3-4,7-12H2,(H,22,24)(H,23,26). The van der Waals surface area contributed by atoms with E-state index in [1.807, 2.05) is 18.2 Å². The average Bonchev–Trinajstić information content (AvgIpc) is 3.27. The molecule has 0 saturated carbocycles. The fourth-order valence-electron chi connectivity index (χ4n) is 3.41. The van der Waals surface area contributed by atoms with Gasteiger partial charge in [0, 0.05) is 26.2 Å². The van der Waals surface area contributed by atoms with Gasteiger partial charge in [-0.1, -0.05) is 12.1 Å². The summed E-state index contributed by atoms with van der Waals surface area (Å²) in [5.41, 5.74) is 2.35. The highest BCUT2D eigenvalue weighted by Crippen LogP contribution is 2.28. The molecule has 3 heterocycles. The summed E-state index contributed by atoms with van der Waals surface area (Å²) in [5.74, 6) is 0.361. The Morgan fingerprint density at radius 2 is 2.00 bits per heavy atom. The number of aromatic nitrogens is 2. The largest absolute Gasteiger partial charge is 0.378 e. The minimum atomic E-state index is -0.233. The summed E-state index contributed by atoms with van der Waals surface area (Å²) in [4.78, 5) is 23.1. The van der Waals surface area contributed by atoms with Gasteiger partial charge in [-0.15, -0.1) is 0 Å². The van der Waals surface area contributed by atoms with Gasteiger partial charge >= 0.3 is 0 Å². The minimum absolute atomic E-state index is 0.106. The lowest BCUT2D eigenvalue weighted by Gasteiger charge is -2.30. The summed E-state index contributed by atoms with van der Waals surface area (Å²) in [6.45, 7) is 4.44. The Bertz CT molecular complexity index is 787. The van der Waals surface area contributed by atoms with E-state index in [0.717, 1.165) is 57.1 Å². The van der Waals surface area contributed by atoms with Crippen LogP contribution in [0.5, 0.6) is 0 Å². The fourth-order valence-corrected chi connectivity index (χ4v) is 3.41. The van der Waals surface area contributed by atoms with Crippen molar-refractivity contribution >= 4 is 23.1 Å². The van der Waals surface area contributed by atoms with Crippen LogP contribution in [0.2, 0.25) is 0 Å². The third-order valence-electron chi connectivity index (χ3n) is 4.92. The van der Waals surface area contributed by atoms with Gasteiger partial charge in [0.15, 0.2) is 0 Å². The van der Waals surface area contributed by atoms with Crippen molar-refractivity contribution in [2.24, 2.45) is 0 Å². The van der Waals surface area contributed by atoms with Crippen LogP contribution < -0.4 is 15.5 Å². The number of hydrogen-bond donors (Lipinski definition) is 2. The lowest BCUT2D eigenvalue weighted by molar-refractivity contribution is 0.0853. The number of benzene rings is 1. The van der Waals surface area contributed by atoms with Gasteiger partial charge in [0.05, 0.1) is 43.1 Å². The molecule has 0 spiro atoms. The second-order valence-electron chi connectivity index (χ2n) is 6.87. The Balaban J connectivity index is 1.38. The van der Waals surface area contributed by atoms with Crippen molar-refractivity contribution in [1.82, 2.24) is 15.3 Å². The highest BCUT2D eigenvalue weighted by Gasteiger charge is 2.18.